The Bertz CT molecular complexity index is 1660. The predicted molar refractivity (Wildman–Crippen MR) is 191 cm³/mol. The van der Waals surface area contributed by atoms with Gasteiger partial charge < -0.3 is 75.9 Å². The van der Waals surface area contributed by atoms with E-state index >= 15 is 0 Å². The molecule has 12 nitrogen and oxygen atoms in total. The van der Waals surface area contributed by atoms with Crippen LogP contribution < -0.4 is 19.6 Å². The topological polar surface area (TPSA) is 241 Å². The molecule has 0 unspecified atom stereocenters. The van der Waals surface area contributed by atoms with E-state index in [9.17, 15) is 59.2 Å². The van der Waals surface area contributed by atoms with Crippen molar-refractivity contribution >= 4 is 82.6 Å². The maximum Gasteiger partial charge on any atom is 2.00 e. The van der Waals surface area contributed by atoms with Crippen LogP contribution in [0.1, 0.15) is 55.3 Å². The summed E-state index contributed by atoms with van der Waals surface area (Å²) in [7, 11) is 0. The molecule has 21 heteroatoms. The van der Waals surface area contributed by atoms with E-state index in [1.807, 2.05) is 0 Å². The van der Waals surface area contributed by atoms with Gasteiger partial charge in [-0.25, -0.2) is 0 Å². The van der Waals surface area contributed by atoms with E-state index in [1.165, 1.54) is 62.4 Å². The van der Waals surface area contributed by atoms with Gasteiger partial charge in [0.15, 0.2) is 23.1 Å². The average molecular weight is 1380 g/mol. The summed E-state index contributed by atoms with van der Waals surface area (Å²) < 4.78 is 0. The number of phenols is 4. The number of para-hydroxylation sites is 4. The first-order chi connectivity index (χ1) is 23.0. The summed E-state index contributed by atoms with van der Waals surface area (Å²) in [6.45, 7) is 2.92. The Hall–Kier alpha value is -1.34. The maximum atomic E-state index is 12.2. The molecule has 53 heavy (non-hydrogen) atoms. The van der Waals surface area contributed by atoms with Crippen molar-refractivity contribution in [2.45, 2.75) is 13.8 Å². The zero-order valence-electron chi connectivity index (χ0n) is 26.9. The SMILES string of the molecule is CC(C(=O)c1ccccc1O)C(=O)c1ccccc1O.CC(C(=O)c1ccccc1O)C(=O)c1ccccc1O.[O-]P([O-])(=S)[S-].[O-]P([O-])(=S)[S-].[Pt+2].[Pt+2].[Pt+2]. The molecule has 0 radical (unpaired) electrons. The minimum absolute atomic E-state index is 0. The molecule has 0 amide bonds. The van der Waals surface area contributed by atoms with Crippen LogP contribution >= 0.6 is 11.4 Å². The summed E-state index contributed by atoms with van der Waals surface area (Å²) in [5, 5.41) is 38.6. The van der Waals surface area contributed by atoms with Crippen molar-refractivity contribution in [3.05, 3.63) is 119 Å². The number of carbonyl (C=O) groups excluding carboxylic acids is 4. The minimum Gasteiger partial charge on any atom is -0.850 e. The second-order valence-corrected chi connectivity index (χ2v) is 18.8. The first-order valence-electron chi connectivity index (χ1n) is 13.8. The van der Waals surface area contributed by atoms with Crippen molar-refractivity contribution < 1.29 is 122 Å². The normalized spacial score (nSPS) is 10.2. The van der Waals surface area contributed by atoms with Gasteiger partial charge in [0.25, 0.3) is 0 Å². The van der Waals surface area contributed by atoms with E-state index in [-0.39, 0.29) is 108 Å². The van der Waals surface area contributed by atoms with E-state index in [0.29, 0.717) is 0 Å². The van der Waals surface area contributed by atoms with Gasteiger partial charge in [-0.3, -0.25) is 19.2 Å². The smallest absolute Gasteiger partial charge is 0.850 e. The van der Waals surface area contributed by atoms with Crippen molar-refractivity contribution in [3.63, 3.8) is 0 Å². The quantitative estimate of drug-likeness (QED) is 0.0858. The van der Waals surface area contributed by atoms with Crippen molar-refractivity contribution in [1.82, 2.24) is 0 Å². The monoisotopic (exact) mass is 1380 g/mol. The Balaban J connectivity index is -0.000000720. The van der Waals surface area contributed by atoms with Crippen LogP contribution in [-0.2, 0) is 111 Å². The standard InChI is InChI=1S/2C16H14O4.2H3O2PS2.3Pt/c2*1-10(15(19)11-6-2-4-8-13(11)17)16(20)12-7-3-5-9-14(12)18;2*1-3(2,4)5;;;/h2*2-10,17-18H,1H3;2*(H3,1,2,4,5);;;/q;;;;3*+2/p-6. The number of Topliss-reactive ketones (excluding diaryl/α,β-unsaturated/α-hetero) is 4. The molecule has 0 spiro atoms. The fraction of sp³-hybridized carbons (Fsp3) is 0.125. The average Bonchev–Trinajstić information content (AvgIpc) is 3.02. The summed E-state index contributed by atoms with van der Waals surface area (Å²) in [6.07, 6.45) is 0. The molecule has 292 valence electrons. The minimum atomic E-state index is -3.72. The molecular formula is C32H28O12P2Pt3S4. The Morgan fingerprint density at radius 1 is 0.472 bits per heavy atom. The van der Waals surface area contributed by atoms with Crippen molar-refractivity contribution in [2.75, 3.05) is 0 Å². The molecule has 0 aromatic heterocycles. The zero-order valence-corrected chi connectivity index (χ0v) is 38.8. The first kappa shape index (κ1) is 56.0. The third-order valence-electron chi connectivity index (χ3n) is 6.25. The third-order valence-corrected chi connectivity index (χ3v) is 6.25. The summed E-state index contributed by atoms with van der Waals surface area (Å²) in [6, 6.07) is 24.3. The molecule has 0 aliphatic carbocycles. The fourth-order valence-electron chi connectivity index (χ4n) is 3.90. The molecule has 4 rings (SSSR count). The van der Waals surface area contributed by atoms with Crippen LogP contribution in [0.15, 0.2) is 97.1 Å². The van der Waals surface area contributed by atoms with E-state index in [2.05, 4.69) is 48.1 Å². The Morgan fingerprint density at radius 3 is 0.736 bits per heavy atom. The second kappa shape index (κ2) is 26.5. The number of hydrogen-bond acceptors (Lipinski definition) is 16. The number of rotatable bonds is 8. The summed E-state index contributed by atoms with van der Waals surface area (Å²) in [5.41, 5.74) is -7.04. The van der Waals surface area contributed by atoms with Gasteiger partial charge in [0.1, 0.15) is 23.0 Å². The molecule has 4 N–H and O–H groups in total. The second-order valence-electron chi connectivity index (χ2n) is 9.86. The van der Waals surface area contributed by atoms with Crippen LogP contribution in [0.3, 0.4) is 0 Å². The number of benzene rings is 4. The number of aromatic hydroxyl groups is 4. The van der Waals surface area contributed by atoms with E-state index in [1.54, 1.807) is 48.5 Å². The maximum absolute atomic E-state index is 12.2. The molecule has 4 aromatic rings. The van der Waals surface area contributed by atoms with Crippen molar-refractivity contribution in [1.29, 1.82) is 0 Å². The molecule has 0 aliphatic heterocycles. The molecule has 0 saturated carbocycles. The van der Waals surface area contributed by atoms with Crippen LogP contribution in [0.2, 0.25) is 0 Å². The molecule has 0 bridgehead atoms. The van der Waals surface area contributed by atoms with Crippen molar-refractivity contribution in [2.24, 2.45) is 11.8 Å². The third kappa shape index (κ3) is 21.5. The van der Waals surface area contributed by atoms with E-state index in [0.717, 1.165) is 0 Å². The summed E-state index contributed by atoms with van der Waals surface area (Å²) in [4.78, 5) is 86.1. The zero-order chi connectivity index (χ0) is 38.4. The molecular weight excluding hydrogens is 1350 g/mol. The van der Waals surface area contributed by atoms with Gasteiger partial charge in [-0.05, 0) is 62.4 Å². The summed E-state index contributed by atoms with van der Waals surface area (Å²) in [5.74, 6) is -4.48. The number of phenolic OH excluding ortho intramolecular Hbond substituents is 4. The van der Waals surface area contributed by atoms with Gasteiger partial charge >= 0.3 is 63.2 Å². The molecule has 4 aromatic carbocycles. The first-order valence-corrected chi connectivity index (χ1v) is 21.1. The van der Waals surface area contributed by atoms with Gasteiger partial charge in [-0.2, -0.15) is 23.6 Å². The van der Waals surface area contributed by atoms with Crippen LogP contribution in [0.4, 0.5) is 0 Å². The number of hydrogen-bond donors (Lipinski definition) is 4. The Kier molecular flexibility index (Phi) is 28.0. The van der Waals surface area contributed by atoms with Gasteiger partial charge in [-0.15, -0.1) is 0 Å². The van der Waals surface area contributed by atoms with Crippen LogP contribution in [0, 0.1) is 11.8 Å². The largest absolute Gasteiger partial charge is 2.00 e. The van der Waals surface area contributed by atoms with Gasteiger partial charge in [0.2, 0.25) is 0 Å². The van der Waals surface area contributed by atoms with Crippen LogP contribution in [0.25, 0.3) is 0 Å². The molecule has 0 heterocycles. The molecule has 0 aliphatic rings. The number of carbonyl (C=O) groups is 4. The Morgan fingerprint density at radius 2 is 0.604 bits per heavy atom. The van der Waals surface area contributed by atoms with Gasteiger partial charge in [-0.1, -0.05) is 48.5 Å². The summed E-state index contributed by atoms with van der Waals surface area (Å²) >= 11 is 14.6. The van der Waals surface area contributed by atoms with Crippen LogP contribution in [0.5, 0.6) is 23.0 Å². The van der Waals surface area contributed by atoms with Crippen LogP contribution in [-0.4, -0.2) is 43.6 Å². The fourth-order valence-corrected chi connectivity index (χ4v) is 3.90. The molecule has 0 atom stereocenters. The van der Waals surface area contributed by atoms with Gasteiger partial charge in [0.05, 0.1) is 34.1 Å². The predicted octanol–water partition coefficient (Wildman–Crippen LogP) is 2.55. The van der Waals surface area contributed by atoms with Gasteiger partial charge in [0, 0.05) is 0 Å². The van der Waals surface area contributed by atoms with Crippen molar-refractivity contribution in [3.8, 4) is 23.0 Å². The van der Waals surface area contributed by atoms with E-state index in [4.69, 9.17) is 0 Å². The molecule has 0 saturated heterocycles. The Labute approximate surface area is 369 Å². The molecule has 0 fully saturated rings. The van der Waals surface area contributed by atoms with E-state index < -0.39 is 46.4 Å². The number of ketones is 4.